The second-order valence-corrected chi connectivity index (χ2v) is 3.86. The number of aryl methyl sites for hydroxylation is 1. The molecular weight excluding hydrogens is 224 g/mol. The Morgan fingerprint density at radius 2 is 2.19 bits per heavy atom. The molecule has 1 aromatic heterocycles. The molecule has 0 fully saturated rings. The van der Waals surface area contributed by atoms with Crippen molar-refractivity contribution < 1.29 is 0 Å². The van der Waals surface area contributed by atoms with Gasteiger partial charge in [-0.25, -0.2) is 4.98 Å². The lowest BCUT2D eigenvalue weighted by Crippen LogP contribution is -2.18. The van der Waals surface area contributed by atoms with Crippen molar-refractivity contribution in [2.45, 2.75) is 13.3 Å². The normalized spacial score (nSPS) is 10.4. The molecule has 0 saturated carbocycles. The molecule has 2 aromatic rings. The summed E-state index contributed by atoms with van der Waals surface area (Å²) in [6.45, 7) is 1.96. The molecule has 0 aliphatic rings. The maximum absolute atomic E-state index is 11.8. The maximum atomic E-state index is 11.8. The fraction of sp³-hybridized carbons (Fsp3) is 0.167. The minimum Gasteiger partial charge on any atom is -0.269 e. The van der Waals surface area contributed by atoms with Crippen LogP contribution < -0.4 is 5.56 Å². The van der Waals surface area contributed by atoms with Crippen LogP contribution in [-0.2, 0) is 6.42 Å². The Hall–Kier alpha value is -1.61. The number of rotatable bonds is 2. The van der Waals surface area contributed by atoms with E-state index in [1.807, 2.05) is 13.0 Å². The SMILES string of the molecule is CCc1cc(=O)n(-c2cccc(Cl)c2)cn1. The van der Waals surface area contributed by atoms with Gasteiger partial charge in [-0.3, -0.25) is 9.36 Å². The zero-order valence-electron chi connectivity index (χ0n) is 8.85. The monoisotopic (exact) mass is 234 g/mol. The average Bonchev–Trinajstić information content (AvgIpc) is 2.28. The minimum absolute atomic E-state index is 0.0888. The third kappa shape index (κ3) is 2.14. The molecule has 0 aliphatic heterocycles. The van der Waals surface area contributed by atoms with Gasteiger partial charge in [0, 0.05) is 16.8 Å². The van der Waals surface area contributed by atoms with Crippen molar-refractivity contribution in [2.75, 3.05) is 0 Å². The van der Waals surface area contributed by atoms with E-state index in [1.54, 1.807) is 24.3 Å². The third-order valence-corrected chi connectivity index (χ3v) is 2.55. The van der Waals surface area contributed by atoms with Crippen LogP contribution in [0.15, 0.2) is 41.5 Å². The van der Waals surface area contributed by atoms with Gasteiger partial charge in [0.25, 0.3) is 5.56 Å². The van der Waals surface area contributed by atoms with Gasteiger partial charge in [-0.05, 0) is 24.6 Å². The van der Waals surface area contributed by atoms with Crippen LogP contribution in [-0.4, -0.2) is 9.55 Å². The molecule has 0 spiro atoms. The molecule has 1 heterocycles. The second-order valence-electron chi connectivity index (χ2n) is 3.42. The van der Waals surface area contributed by atoms with Gasteiger partial charge in [-0.15, -0.1) is 0 Å². The van der Waals surface area contributed by atoms with E-state index < -0.39 is 0 Å². The van der Waals surface area contributed by atoms with Crippen LogP contribution in [0.3, 0.4) is 0 Å². The largest absolute Gasteiger partial charge is 0.269 e. The highest BCUT2D eigenvalue weighted by molar-refractivity contribution is 6.30. The van der Waals surface area contributed by atoms with Gasteiger partial charge in [0.2, 0.25) is 0 Å². The summed E-state index contributed by atoms with van der Waals surface area (Å²) in [6, 6.07) is 8.67. The molecule has 0 saturated heterocycles. The van der Waals surface area contributed by atoms with Crippen LogP contribution in [0.4, 0.5) is 0 Å². The molecule has 4 heteroatoms. The fourth-order valence-electron chi connectivity index (χ4n) is 1.45. The highest BCUT2D eigenvalue weighted by Crippen LogP contribution is 2.12. The van der Waals surface area contributed by atoms with Crippen molar-refractivity contribution in [2.24, 2.45) is 0 Å². The van der Waals surface area contributed by atoms with E-state index in [1.165, 1.54) is 10.9 Å². The summed E-state index contributed by atoms with van der Waals surface area (Å²) in [7, 11) is 0. The molecule has 0 aliphatic carbocycles. The Labute approximate surface area is 98.3 Å². The van der Waals surface area contributed by atoms with Crippen molar-refractivity contribution in [3.63, 3.8) is 0 Å². The lowest BCUT2D eigenvalue weighted by molar-refractivity contribution is 0.889. The lowest BCUT2D eigenvalue weighted by Gasteiger charge is -2.05. The highest BCUT2D eigenvalue weighted by atomic mass is 35.5. The van der Waals surface area contributed by atoms with Gasteiger partial charge < -0.3 is 0 Å². The molecule has 16 heavy (non-hydrogen) atoms. The summed E-state index contributed by atoms with van der Waals surface area (Å²) in [5, 5.41) is 0.601. The summed E-state index contributed by atoms with van der Waals surface area (Å²) in [5.74, 6) is 0. The van der Waals surface area contributed by atoms with E-state index in [4.69, 9.17) is 11.6 Å². The van der Waals surface area contributed by atoms with E-state index in [9.17, 15) is 4.79 Å². The van der Waals surface area contributed by atoms with Gasteiger partial charge in [0.05, 0.1) is 5.69 Å². The quantitative estimate of drug-likeness (QED) is 0.800. The van der Waals surface area contributed by atoms with Gasteiger partial charge in [-0.2, -0.15) is 0 Å². The van der Waals surface area contributed by atoms with E-state index >= 15 is 0 Å². The van der Waals surface area contributed by atoms with Crippen LogP contribution >= 0.6 is 11.6 Å². The Morgan fingerprint density at radius 1 is 1.38 bits per heavy atom. The van der Waals surface area contributed by atoms with Crippen LogP contribution in [0.5, 0.6) is 0 Å². The Morgan fingerprint density at radius 3 is 2.81 bits per heavy atom. The van der Waals surface area contributed by atoms with Gasteiger partial charge >= 0.3 is 0 Å². The van der Waals surface area contributed by atoms with Crippen molar-refractivity contribution in [1.82, 2.24) is 9.55 Å². The molecule has 3 nitrogen and oxygen atoms in total. The molecule has 82 valence electrons. The van der Waals surface area contributed by atoms with E-state index in [-0.39, 0.29) is 5.56 Å². The summed E-state index contributed by atoms with van der Waals surface area (Å²) in [4.78, 5) is 16.0. The molecule has 0 N–H and O–H groups in total. The fourth-order valence-corrected chi connectivity index (χ4v) is 1.64. The van der Waals surface area contributed by atoms with Crippen molar-refractivity contribution >= 4 is 11.6 Å². The molecular formula is C12H11ClN2O. The first kappa shape index (κ1) is 10.9. The molecule has 0 amide bonds. The number of hydrogen-bond acceptors (Lipinski definition) is 2. The van der Waals surface area contributed by atoms with E-state index in [0.717, 1.165) is 17.8 Å². The Bertz CT molecular complexity index is 563. The first-order chi connectivity index (χ1) is 7.70. The zero-order chi connectivity index (χ0) is 11.5. The first-order valence-corrected chi connectivity index (χ1v) is 5.42. The van der Waals surface area contributed by atoms with Crippen molar-refractivity contribution in [3.05, 3.63) is 57.7 Å². The molecule has 1 aromatic carbocycles. The zero-order valence-corrected chi connectivity index (χ0v) is 9.61. The number of hydrogen-bond donors (Lipinski definition) is 0. The second kappa shape index (κ2) is 4.49. The standard InChI is InChI=1S/C12H11ClN2O/c1-2-10-7-12(16)15(8-14-10)11-5-3-4-9(13)6-11/h3-8H,2H2,1H3. The topological polar surface area (TPSA) is 34.9 Å². The molecule has 2 rings (SSSR count). The molecule has 0 radical (unpaired) electrons. The highest BCUT2D eigenvalue weighted by Gasteiger charge is 2.01. The number of aromatic nitrogens is 2. The van der Waals surface area contributed by atoms with Gasteiger partial charge in [-0.1, -0.05) is 24.6 Å². The van der Waals surface area contributed by atoms with Gasteiger partial charge in [0.15, 0.2) is 0 Å². The van der Waals surface area contributed by atoms with Crippen LogP contribution in [0.2, 0.25) is 5.02 Å². The van der Waals surface area contributed by atoms with Crippen LogP contribution in [0.25, 0.3) is 5.69 Å². The Kier molecular flexibility index (Phi) is 3.06. The predicted molar refractivity (Wildman–Crippen MR) is 64.2 cm³/mol. The van der Waals surface area contributed by atoms with E-state index in [2.05, 4.69) is 4.98 Å². The van der Waals surface area contributed by atoms with Crippen LogP contribution in [0.1, 0.15) is 12.6 Å². The number of halogens is 1. The van der Waals surface area contributed by atoms with Crippen LogP contribution in [0, 0.1) is 0 Å². The van der Waals surface area contributed by atoms with Crippen molar-refractivity contribution in [1.29, 1.82) is 0 Å². The van der Waals surface area contributed by atoms with E-state index in [0.29, 0.717) is 5.02 Å². The summed E-state index contributed by atoms with van der Waals surface area (Å²) in [6.07, 6.45) is 2.29. The smallest absolute Gasteiger partial charge is 0.258 e. The molecule has 0 bridgehead atoms. The summed E-state index contributed by atoms with van der Waals surface area (Å²) in [5.41, 5.74) is 1.44. The summed E-state index contributed by atoms with van der Waals surface area (Å²) >= 11 is 5.87. The Balaban J connectivity index is 2.53. The molecule has 0 unspecified atom stereocenters. The number of nitrogens with zero attached hydrogens (tertiary/aromatic N) is 2. The third-order valence-electron chi connectivity index (χ3n) is 2.32. The first-order valence-electron chi connectivity index (χ1n) is 5.04. The lowest BCUT2D eigenvalue weighted by atomic mass is 10.3. The average molecular weight is 235 g/mol. The predicted octanol–water partition coefficient (Wildman–Crippen LogP) is 2.45. The van der Waals surface area contributed by atoms with Crippen molar-refractivity contribution in [3.8, 4) is 5.69 Å². The summed E-state index contributed by atoms with van der Waals surface area (Å²) < 4.78 is 1.48. The maximum Gasteiger partial charge on any atom is 0.258 e. The molecule has 0 atom stereocenters. The van der Waals surface area contributed by atoms with Gasteiger partial charge in [0.1, 0.15) is 6.33 Å². The minimum atomic E-state index is -0.0888. The number of benzene rings is 1.